The molecule has 124 valence electrons. The van der Waals surface area contributed by atoms with Crippen LogP contribution in [0.15, 0.2) is 36.4 Å². The first-order valence-electron chi connectivity index (χ1n) is 7.38. The molecule has 2 rings (SSSR count). The zero-order valence-corrected chi connectivity index (χ0v) is 15.4. The number of pyridine rings is 1. The number of para-hydroxylation sites is 1. The van der Waals surface area contributed by atoms with Crippen molar-refractivity contribution in [2.24, 2.45) is 0 Å². The number of unbranched alkanes of at least 4 members (excludes halogenated alkanes) is 1. The van der Waals surface area contributed by atoms with E-state index in [0.29, 0.717) is 11.6 Å². The third kappa shape index (κ3) is 4.78. The fraction of sp³-hybridized carbons (Fsp3) is 0.312. The first kappa shape index (κ1) is 17.5. The van der Waals surface area contributed by atoms with Gasteiger partial charge in [-0.15, -0.1) is 0 Å². The number of nitrogens with one attached hydrogen (secondary N) is 1. The Morgan fingerprint density at radius 2 is 2.09 bits per heavy atom. The monoisotopic (exact) mass is 429 g/mol. The van der Waals surface area contributed by atoms with Crippen LogP contribution < -0.4 is 10.1 Å². The molecule has 0 atom stereocenters. The van der Waals surface area contributed by atoms with Crippen LogP contribution in [-0.2, 0) is 0 Å². The van der Waals surface area contributed by atoms with Gasteiger partial charge in [-0.2, -0.15) is 0 Å². The van der Waals surface area contributed by atoms with E-state index in [1.165, 1.54) is 23.3 Å². The van der Waals surface area contributed by atoms with Crippen LogP contribution in [0.1, 0.15) is 19.8 Å². The van der Waals surface area contributed by atoms with E-state index in [1.807, 2.05) is 24.3 Å². The van der Waals surface area contributed by atoms with Crippen LogP contribution in [0, 0.1) is 13.7 Å². The van der Waals surface area contributed by atoms with Crippen molar-refractivity contribution in [2.45, 2.75) is 19.8 Å². The molecule has 0 saturated carbocycles. The summed E-state index contributed by atoms with van der Waals surface area (Å²) >= 11 is -0.367. The van der Waals surface area contributed by atoms with Gasteiger partial charge in [-0.3, -0.25) is 0 Å². The van der Waals surface area contributed by atoms with Gasteiger partial charge in [0.05, 0.1) is 0 Å². The van der Waals surface area contributed by atoms with Gasteiger partial charge in [0.2, 0.25) is 0 Å². The molecule has 0 aliphatic heterocycles. The van der Waals surface area contributed by atoms with Gasteiger partial charge < -0.3 is 0 Å². The summed E-state index contributed by atoms with van der Waals surface area (Å²) in [7, 11) is 1.71. The summed E-state index contributed by atoms with van der Waals surface area (Å²) in [5.74, 6) is 1.23. The van der Waals surface area contributed by atoms with Crippen LogP contribution in [0.2, 0.25) is 0 Å². The number of nitro groups is 1. The molecular formula is C16H20IN3O3. The average molecular weight is 429 g/mol. The number of anilines is 1. The Balaban J connectivity index is 2.29. The van der Waals surface area contributed by atoms with Crippen molar-refractivity contribution >= 4 is 32.7 Å². The first-order chi connectivity index (χ1) is 11.2. The summed E-state index contributed by atoms with van der Waals surface area (Å²) in [4.78, 5) is 14.9. The molecule has 0 radical (unpaired) electrons. The van der Waals surface area contributed by atoms with Gasteiger partial charge in [0.25, 0.3) is 0 Å². The molecule has 0 aliphatic carbocycles. The molecule has 6 nitrogen and oxygen atoms in total. The molecule has 1 aromatic heterocycles. The van der Waals surface area contributed by atoms with Crippen LogP contribution in [0.4, 0.5) is 11.5 Å². The number of rotatable bonds is 8. The summed E-state index contributed by atoms with van der Waals surface area (Å²) in [6, 6.07) is 10.7. The molecule has 1 heterocycles. The zero-order chi connectivity index (χ0) is 16.7. The molecule has 0 aliphatic rings. The van der Waals surface area contributed by atoms with Gasteiger partial charge in [0.15, 0.2) is 0 Å². The van der Waals surface area contributed by atoms with E-state index >= 15 is 0 Å². The number of ether oxygens (including phenoxy) is 1. The van der Waals surface area contributed by atoms with E-state index in [0.717, 1.165) is 3.57 Å². The summed E-state index contributed by atoms with van der Waals surface area (Å²) in [5.41, 5.74) is -0.132. The van der Waals surface area contributed by atoms with E-state index in [9.17, 15) is 10.1 Å². The van der Waals surface area contributed by atoms with Crippen LogP contribution in [0.3, 0.4) is 0 Å². The Labute approximate surface area is 145 Å². The Hall–Kier alpha value is -1.90. The van der Waals surface area contributed by atoms with Gasteiger partial charge in [-0.1, -0.05) is 0 Å². The topological polar surface area (TPSA) is 77.3 Å². The molecule has 0 bridgehead atoms. The normalized spacial score (nSPS) is 10.5. The second-order valence-electron chi connectivity index (χ2n) is 4.78. The minimum atomic E-state index is -0.474. The predicted molar refractivity (Wildman–Crippen MR) is 101 cm³/mol. The fourth-order valence-electron chi connectivity index (χ4n) is 1.87. The Morgan fingerprint density at radius 3 is 2.78 bits per heavy atom. The number of aromatic nitrogens is 1. The van der Waals surface area contributed by atoms with Crippen molar-refractivity contribution in [3.05, 3.63) is 50.1 Å². The van der Waals surface area contributed by atoms with Crippen molar-refractivity contribution in [1.82, 2.24) is 4.98 Å². The van der Waals surface area contributed by atoms with E-state index in [4.69, 9.17) is 4.74 Å². The van der Waals surface area contributed by atoms with Crippen molar-refractivity contribution in [3.8, 4) is 11.6 Å². The van der Waals surface area contributed by atoms with E-state index < -0.39 is 4.92 Å². The number of benzene rings is 1. The molecule has 0 fully saturated rings. The summed E-state index contributed by atoms with van der Waals surface area (Å²) in [6.45, 7) is 2.17. The molecule has 7 heteroatoms. The SMILES string of the molecule is CCCC[IH]c1ccccc1Oc1nc(NC)ccc1[N+](=O)[O-]. The molecule has 0 amide bonds. The van der Waals surface area contributed by atoms with Crippen LogP contribution in [0.5, 0.6) is 11.6 Å². The van der Waals surface area contributed by atoms with E-state index in [2.05, 4.69) is 17.2 Å². The van der Waals surface area contributed by atoms with Crippen molar-refractivity contribution < 1.29 is 9.66 Å². The number of nitrogens with zero attached hydrogens (tertiary/aromatic N) is 2. The van der Waals surface area contributed by atoms with Crippen molar-refractivity contribution in [2.75, 3.05) is 16.8 Å². The second-order valence-corrected chi connectivity index (χ2v) is 8.02. The quantitative estimate of drug-likeness (QED) is 0.220. The Kier molecular flexibility index (Phi) is 6.57. The molecule has 2 aromatic rings. The maximum absolute atomic E-state index is 11.2. The third-order valence-corrected chi connectivity index (χ3v) is 6.36. The predicted octanol–water partition coefficient (Wildman–Crippen LogP) is 4.50. The second kappa shape index (κ2) is 8.66. The zero-order valence-electron chi connectivity index (χ0n) is 13.1. The van der Waals surface area contributed by atoms with Gasteiger partial charge in [0.1, 0.15) is 0 Å². The molecule has 0 unspecified atom stereocenters. The minimum absolute atomic E-state index is 0.0252. The molecule has 23 heavy (non-hydrogen) atoms. The van der Waals surface area contributed by atoms with Gasteiger partial charge in [0, 0.05) is 0 Å². The van der Waals surface area contributed by atoms with Crippen molar-refractivity contribution in [3.63, 3.8) is 0 Å². The average Bonchev–Trinajstić information content (AvgIpc) is 2.56. The summed E-state index contributed by atoms with van der Waals surface area (Å²) < 4.78 is 8.17. The first-order valence-corrected chi connectivity index (χ1v) is 10.2. The van der Waals surface area contributed by atoms with E-state index in [1.54, 1.807) is 13.1 Å². The van der Waals surface area contributed by atoms with Gasteiger partial charge >= 0.3 is 146 Å². The number of alkyl halides is 1. The molecule has 1 aromatic carbocycles. The van der Waals surface area contributed by atoms with Gasteiger partial charge in [-0.25, -0.2) is 0 Å². The van der Waals surface area contributed by atoms with Crippen LogP contribution >= 0.6 is 21.2 Å². The Bertz CT molecular complexity index is 679. The Morgan fingerprint density at radius 1 is 1.30 bits per heavy atom. The molecular weight excluding hydrogens is 409 g/mol. The van der Waals surface area contributed by atoms with Crippen molar-refractivity contribution in [1.29, 1.82) is 0 Å². The standard InChI is InChI=1S/C16H20IN3O3/c1-3-4-11-17-12-7-5-6-8-14(12)23-16-13(20(21)22)9-10-15(18-2)19-16/h5-10,17H,3-4,11H2,1-2H3,(H,18,19). The molecule has 0 spiro atoms. The fourth-order valence-corrected chi connectivity index (χ4v) is 4.95. The molecule has 1 N–H and O–H groups in total. The van der Waals surface area contributed by atoms with Crippen LogP contribution in [0.25, 0.3) is 0 Å². The molecule has 0 saturated heterocycles. The maximum atomic E-state index is 11.2. The number of halogens is 1. The third-order valence-electron chi connectivity index (χ3n) is 3.10. The van der Waals surface area contributed by atoms with E-state index in [-0.39, 0.29) is 32.8 Å². The summed E-state index contributed by atoms with van der Waals surface area (Å²) in [6.07, 6.45) is 2.37. The summed E-state index contributed by atoms with van der Waals surface area (Å²) in [5, 5.41) is 14.1. The van der Waals surface area contributed by atoms with Gasteiger partial charge in [-0.05, 0) is 0 Å². The number of hydrogen-bond acceptors (Lipinski definition) is 5. The number of hydrogen-bond donors (Lipinski definition) is 1. The van der Waals surface area contributed by atoms with Crippen LogP contribution in [-0.4, -0.2) is 21.4 Å².